The molecule has 0 atom stereocenters. The molecule has 1 fully saturated rings. The third kappa shape index (κ3) is 5.51. The van der Waals surface area contributed by atoms with Gasteiger partial charge in [-0.1, -0.05) is 13.3 Å². The number of carbonyl (C=O) groups excluding carboxylic acids is 1. The van der Waals surface area contributed by atoms with E-state index in [0.29, 0.717) is 27.9 Å². The summed E-state index contributed by atoms with van der Waals surface area (Å²) in [6, 6.07) is 7.69. The Kier molecular flexibility index (Phi) is 7.65. The maximum Gasteiger partial charge on any atom is 0.277 e. The van der Waals surface area contributed by atoms with Crippen LogP contribution in [0.3, 0.4) is 0 Å². The number of fused-ring (bicyclic) bond motifs is 1. The van der Waals surface area contributed by atoms with Gasteiger partial charge in [0.15, 0.2) is 5.65 Å². The number of amides is 1. The maximum atomic E-state index is 13.5. The van der Waals surface area contributed by atoms with Gasteiger partial charge < -0.3 is 15.2 Å². The van der Waals surface area contributed by atoms with Crippen LogP contribution in [0.1, 0.15) is 60.4 Å². The fraction of sp³-hybridized carbons (Fsp3) is 0.379. The van der Waals surface area contributed by atoms with Crippen LogP contribution in [0.15, 0.2) is 46.4 Å². The molecular formula is C29H34N8O2. The second-order valence-corrected chi connectivity index (χ2v) is 10.2. The molecule has 5 heterocycles. The van der Waals surface area contributed by atoms with Crippen LogP contribution in [0, 0.1) is 6.92 Å². The van der Waals surface area contributed by atoms with Gasteiger partial charge in [-0.3, -0.25) is 9.59 Å². The monoisotopic (exact) mass is 526 g/mol. The normalized spacial score (nSPS) is 14.1. The number of aryl methyl sites for hydroxylation is 2. The Balaban J connectivity index is 1.54. The Labute approximate surface area is 227 Å². The molecule has 10 nitrogen and oxygen atoms in total. The number of anilines is 1. The summed E-state index contributed by atoms with van der Waals surface area (Å²) < 4.78 is 1.80. The molecule has 1 saturated heterocycles. The Morgan fingerprint density at radius 3 is 2.67 bits per heavy atom. The minimum absolute atomic E-state index is 0.0487. The highest BCUT2D eigenvalue weighted by atomic mass is 16.1. The van der Waals surface area contributed by atoms with Gasteiger partial charge in [-0.05, 0) is 57.0 Å². The van der Waals surface area contributed by atoms with Crippen molar-refractivity contribution < 1.29 is 4.79 Å². The van der Waals surface area contributed by atoms with E-state index in [1.165, 1.54) is 6.21 Å². The zero-order valence-electron chi connectivity index (χ0n) is 22.9. The largest absolute Gasteiger partial charge is 0.354 e. The minimum Gasteiger partial charge on any atom is -0.354 e. The fourth-order valence-corrected chi connectivity index (χ4v) is 4.92. The van der Waals surface area contributed by atoms with Crippen LogP contribution in [-0.2, 0) is 6.42 Å². The van der Waals surface area contributed by atoms with Crippen molar-refractivity contribution in [2.45, 2.75) is 46.6 Å². The Bertz CT molecular complexity index is 1580. The zero-order valence-corrected chi connectivity index (χ0v) is 22.9. The van der Waals surface area contributed by atoms with E-state index in [2.05, 4.69) is 37.2 Å². The van der Waals surface area contributed by atoms with Crippen LogP contribution in [0.5, 0.6) is 0 Å². The number of hydrogen-bond donors (Lipinski definition) is 2. The molecule has 1 aliphatic rings. The molecule has 1 amide bonds. The number of piperazine rings is 1. The number of carbonyl (C=O) groups is 1. The van der Waals surface area contributed by atoms with Crippen LogP contribution in [-0.4, -0.2) is 63.0 Å². The molecule has 0 aromatic carbocycles. The number of aromatic amines is 1. The minimum atomic E-state index is -0.459. The van der Waals surface area contributed by atoms with Gasteiger partial charge in [0.25, 0.3) is 11.5 Å². The van der Waals surface area contributed by atoms with Gasteiger partial charge in [-0.15, -0.1) is 0 Å². The lowest BCUT2D eigenvalue weighted by molar-refractivity contribution is 0.100. The molecule has 0 radical (unpaired) electrons. The quantitative estimate of drug-likeness (QED) is 0.352. The lowest BCUT2D eigenvalue weighted by Crippen LogP contribution is -2.43. The first-order chi connectivity index (χ1) is 18.9. The van der Waals surface area contributed by atoms with Crippen molar-refractivity contribution in [2.75, 3.05) is 31.1 Å². The van der Waals surface area contributed by atoms with Crippen LogP contribution in [0.25, 0.3) is 22.3 Å². The lowest BCUT2D eigenvalue weighted by atomic mass is 10.0. The van der Waals surface area contributed by atoms with E-state index in [1.54, 1.807) is 23.1 Å². The number of aliphatic imine (C=N–C) groups is 1. The van der Waals surface area contributed by atoms with Crippen LogP contribution in [0.2, 0.25) is 0 Å². The summed E-state index contributed by atoms with van der Waals surface area (Å²) in [5.74, 6) is 0.459. The van der Waals surface area contributed by atoms with Crippen LogP contribution in [0.4, 0.5) is 5.82 Å². The molecule has 5 rings (SSSR count). The molecular weight excluding hydrogens is 492 g/mol. The Morgan fingerprint density at radius 1 is 1.18 bits per heavy atom. The SMILES string of the molecule is CCCc1cc(C)[nH]c(=O)c1/C=N/C(=O)c1cc(-c2ccc(N3CCNCC3)nc2)nc2c1cnn2C(C)C. The Hall–Kier alpha value is -4.18. The van der Waals surface area contributed by atoms with Gasteiger partial charge in [0.05, 0.1) is 28.4 Å². The van der Waals surface area contributed by atoms with Gasteiger partial charge in [-0.2, -0.15) is 5.10 Å². The van der Waals surface area contributed by atoms with Gasteiger partial charge >= 0.3 is 0 Å². The third-order valence-electron chi connectivity index (χ3n) is 6.89. The van der Waals surface area contributed by atoms with E-state index in [0.717, 1.165) is 61.7 Å². The number of hydrogen-bond acceptors (Lipinski definition) is 7. The highest BCUT2D eigenvalue weighted by Gasteiger charge is 2.19. The lowest BCUT2D eigenvalue weighted by Gasteiger charge is -2.28. The molecule has 0 aliphatic carbocycles. The predicted molar refractivity (Wildman–Crippen MR) is 154 cm³/mol. The standard InChI is InChI=1S/C29H34N8O2/c1-5-6-20-13-19(4)34-29(39)23(20)16-32-28(38)22-14-25(35-27-24(22)17-33-37(27)18(2)3)21-7-8-26(31-15-21)36-11-9-30-10-12-36/h7-8,13-18,30H,5-6,9-12H2,1-4H3,(H,34,39)/b32-16+. The van der Waals surface area contributed by atoms with E-state index in [4.69, 9.17) is 4.98 Å². The second kappa shape index (κ2) is 11.3. The van der Waals surface area contributed by atoms with Crippen molar-refractivity contribution in [3.05, 3.63) is 69.4 Å². The molecule has 39 heavy (non-hydrogen) atoms. The van der Waals surface area contributed by atoms with Crippen molar-refractivity contribution in [1.29, 1.82) is 0 Å². The second-order valence-electron chi connectivity index (χ2n) is 10.2. The molecule has 0 spiro atoms. The molecule has 4 aromatic heterocycles. The molecule has 0 unspecified atom stereocenters. The maximum absolute atomic E-state index is 13.5. The first kappa shape index (κ1) is 26.4. The highest BCUT2D eigenvalue weighted by molar-refractivity contribution is 6.10. The van der Waals surface area contributed by atoms with Gasteiger partial charge in [0, 0.05) is 55.9 Å². The number of pyridine rings is 3. The summed E-state index contributed by atoms with van der Waals surface area (Å²) in [6.07, 6.45) is 6.43. The average molecular weight is 527 g/mol. The fourth-order valence-electron chi connectivity index (χ4n) is 4.92. The number of nitrogens with one attached hydrogen (secondary N) is 2. The molecule has 10 heteroatoms. The summed E-state index contributed by atoms with van der Waals surface area (Å²) in [5, 5.41) is 8.47. The van der Waals surface area contributed by atoms with Crippen molar-refractivity contribution in [1.82, 2.24) is 30.0 Å². The third-order valence-corrected chi connectivity index (χ3v) is 6.89. The number of aromatic nitrogens is 5. The summed E-state index contributed by atoms with van der Waals surface area (Å²) >= 11 is 0. The summed E-state index contributed by atoms with van der Waals surface area (Å²) in [7, 11) is 0. The van der Waals surface area contributed by atoms with Gasteiger partial charge in [0.2, 0.25) is 0 Å². The molecule has 0 saturated carbocycles. The summed E-state index contributed by atoms with van der Waals surface area (Å²) in [6.45, 7) is 11.6. The molecule has 4 aromatic rings. The van der Waals surface area contributed by atoms with Crippen molar-refractivity contribution in [3.63, 3.8) is 0 Å². The van der Waals surface area contributed by atoms with E-state index in [9.17, 15) is 9.59 Å². The molecule has 1 aliphatic heterocycles. The van der Waals surface area contributed by atoms with E-state index in [1.807, 2.05) is 39.0 Å². The molecule has 2 N–H and O–H groups in total. The zero-order chi connectivity index (χ0) is 27.5. The Morgan fingerprint density at radius 2 is 1.97 bits per heavy atom. The van der Waals surface area contributed by atoms with Crippen molar-refractivity contribution in [2.24, 2.45) is 4.99 Å². The van der Waals surface area contributed by atoms with Crippen molar-refractivity contribution >= 4 is 29.0 Å². The van der Waals surface area contributed by atoms with Gasteiger partial charge in [0.1, 0.15) is 5.82 Å². The van der Waals surface area contributed by atoms with E-state index >= 15 is 0 Å². The predicted octanol–water partition coefficient (Wildman–Crippen LogP) is 3.69. The molecule has 202 valence electrons. The van der Waals surface area contributed by atoms with Crippen LogP contribution >= 0.6 is 0 Å². The summed E-state index contributed by atoms with van der Waals surface area (Å²) in [5.41, 5.74) is 4.21. The first-order valence-corrected chi connectivity index (χ1v) is 13.5. The highest BCUT2D eigenvalue weighted by Crippen LogP contribution is 2.27. The molecule has 0 bridgehead atoms. The summed E-state index contributed by atoms with van der Waals surface area (Å²) in [4.78, 5) is 45.0. The van der Waals surface area contributed by atoms with Gasteiger partial charge in [-0.25, -0.2) is 19.6 Å². The number of nitrogens with zero attached hydrogens (tertiary/aromatic N) is 6. The van der Waals surface area contributed by atoms with Crippen molar-refractivity contribution in [3.8, 4) is 11.3 Å². The number of rotatable bonds is 7. The smallest absolute Gasteiger partial charge is 0.277 e. The first-order valence-electron chi connectivity index (χ1n) is 13.5. The number of H-pyrrole nitrogens is 1. The van der Waals surface area contributed by atoms with Crippen LogP contribution < -0.4 is 15.8 Å². The van der Waals surface area contributed by atoms with E-state index in [-0.39, 0.29) is 11.6 Å². The topological polar surface area (TPSA) is 121 Å². The average Bonchev–Trinajstić information content (AvgIpc) is 3.37. The van der Waals surface area contributed by atoms with E-state index < -0.39 is 5.91 Å².